The van der Waals surface area contributed by atoms with Crippen LogP contribution in [0.5, 0.6) is 0 Å². The van der Waals surface area contributed by atoms with Crippen molar-refractivity contribution in [2.45, 2.75) is 0 Å². The van der Waals surface area contributed by atoms with Crippen molar-refractivity contribution in [3.8, 4) is 6.07 Å². The van der Waals surface area contributed by atoms with Crippen molar-refractivity contribution in [2.24, 2.45) is 0 Å². The van der Waals surface area contributed by atoms with Crippen molar-refractivity contribution in [1.29, 1.82) is 5.26 Å². The van der Waals surface area contributed by atoms with Crippen molar-refractivity contribution < 1.29 is 4.79 Å². The lowest BCUT2D eigenvalue weighted by molar-refractivity contribution is -0.115. The number of hydrogen-bond acceptors (Lipinski definition) is 3. The van der Waals surface area contributed by atoms with Gasteiger partial charge in [-0.05, 0) is 30.3 Å². The van der Waals surface area contributed by atoms with E-state index in [2.05, 4.69) is 11.4 Å². The maximum Gasteiger partial charge on any atom is 0.244 e. The third-order valence-corrected chi connectivity index (χ3v) is 3.37. The van der Waals surface area contributed by atoms with Gasteiger partial charge >= 0.3 is 0 Å². The van der Waals surface area contributed by atoms with Crippen LogP contribution in [0, 0.1) is 11.3 Å². The maximum absolute atomic E-state index is 11.9. The lowest BCUT2D eigenvalue weighted by atomic mass is 10.1. The third kappa shape index (κ3) is 2.09. The molecule has 20 heavy (non-hydrogen) atoms. The van der Waals surface area contributed by atoms with Gasteiger partial charge in [0.1, 0.15) is 12.6 Å². The molecule has 1 aliphatic heterocycles. The van der Waals surface area contributed by atoms with Gasteiger partial charge in [0, 0.05) is 10.7 Å². The summed E-state index contributed by atoms with van der Waals surface area (Å²) in [7, 11) is 0. The number of hydrogen-bond donors (Lipinski definition) is 1. The molecule has 98 valence electrons. The van der Waals surface area contributed by atoms with Crippen LogP contribution in [0.2, 0.25) is 5.02 Å². The fourth-order valence-electron chi connectivity index (χ4n) is 2.27. The SMILES string of the molecule is N#Cc1cccc2c1NC(=O)CN2c1cccc(Cl)c1. The summed E-state index contributed by atoms with van der Waals surface area (Å²) in [5, 5.41) is 12.5. The van der Waals surface area contributed by atoms with Gasteiger partial charge in [0.05, 0.1) is 16.9 Å². The highest BCUT2D eigenvalue weighted by Crippen LogP contribution is 2.37. The van der Waals surface area contributed by atoms with Crippen molar-refractivity contribution >= 4 is 34.6 Å². The van der Waals surface area contributed by atoms with Gasteiger partial charge < -0.3 is 10.2 Å². The Bertz CT molecular complexity index is 736. The Balaban J connectivity index is 2.16. The number of rotatable bonds is 1. The van der Waals surface area contributed by atoms with Crippen LogP contribution in [-0.4, -0.2) is 12.5 Å². The fourth-order valence-corrected chi connectivity index (χ4v) is 2.46. The van der Waals surface area contributed by atoms with E-state index >= 15 is 0 Å². The molecule has 0 aliphatic carbocycles. The van der Waals surface area contributed by atoms with Crippen LogP contribution in [0.25, 0.3) is 0 Å². The Morgan fingerprint density at radius 2 is 2.05 bits per heavy atom. The second-order valence-electron chi connectivity index (χ2n) is 4.43. The molecule has 3 rings (SSSR count). The molecule has 4 nitrogen and oxygen atoms in total. The van der Waals surface area contributed by atoms with Gasteiger partial charge in [-0.2, -0.15) is 5.26 Å². The number of nitrogens with zero attached hydrogens (tertiary/aromatic N) is 2. The minimum atomic E-state index is -0.153. The Hall–Kier alpha value is -2.51. The second-order valence-corrected chi connectivity index (χ2v) is 4.86. The number of carbonyl (C=O) groups excluding carboxylic acids is 1. The number of benzene rings is 2. The first-order valence-corrected chi connectivity index (χ1v) is 6.43. The normalized spacial score (nSPS) is 13.4. The first-order chi connectivity index (χ1) is 9.69. The van der Waals surface area contributed by atoms with Gasteiger partial charge in [-0.25, -0.2) is 0 Å². The minimum Gasteiger partial charge on any atom is -0.330 e. The summed E-state index contributed by atoms with van der Waals surface area (Å²) in [5.41, 5.74) is 2.61. The largest absolute Gasteiger partial charge is 0.330 e. The summed E-state index contributed by atoms with van der Waals surface area (Å²) in [4.78, 5) is 13.7. The quantitative estimate of drug-likeness (QED) is 0.873. The predicted molar refractivity (Wildman–Crippen MR) is 78.2 cm³/mol. The van der Waals surface area contributed by atoms with Crippen LogP contribution in [-0.2, 0) is 4.79 Å². The molecule has 0 atom stereocenters. The monoisotopic (exact) mass is 283 g/mol. The Labute approximate surface area is 121 Å². The van der Waals surface area contributed by atoms with Crippen molar-refractivity contribution in [2.75, 3.05) is 16.8 Å². The van der Waals surface area contributed by atoms with Crippen molar-refractivity contribution in [3.05, 3.63) is 53.1 Å². The summed E-state index contributed by atoms with van der Waals surface area (Å²) in [6.45, 7) is 0.197. The van der Waals surface area contributed by atoms with E-state index in [4.69, 9.17) is 16.9 Å². The summed E-state index contributed by atoms with van der Waals surface area (Å²) in [6, 6.07) is 14.7. The van der Waals surface area contributed by atoms with Crippen LogP contribution < -0.4 is 10.2 Å². The molecule has 0 aromatic heterocycles. The molecule has 0 fully saturated rings. The molecule has 0 bridgehead atoms. The van der Waals surface area contributed by atoms with Gasteiger partial charge in [-0.15, -0.1) is 0 Å². The number of amides is 1. The number of nitrogens with one attached hydrogen (secondary N) is 1. The summed E-state index contributed by atoms with van der Waals surface area (Å²) in [5.74, 6) is -0.153. The number of carbonyl (C=O) groups is 1. The van der Waals surface area contributed by atoms with E-state index in [0.717, 1.165) is 11.4 Å². The third-order valence-electron chi connectivity index (χ3n) is 3.14. The minimum absolute atomic E-state index is 0.153. The van der Waals surface area contributed by atoms with Gasteiger partial charge in [0.2, 0.25) is 5.91 Å². The van der Waals surface area contributed by atoms with Gasteiger partial charge in [0.25, 0.3) is 0 Å². The zero-order valence-corrected chi connectivity index (χ0v) is 11.2. The van der Waals surface area contributed by atoms with Crippen molar-refractivity contribution in [1.82, 2.24) is 0 Å². The van der Waals surface area contributed by atoms with Crippen LogP contribution in [0.3, 0.4) is 0 Å². The van der Waals surface area contributed by atoms with Gasteiger partial charge in [-0.1, -0.05) is 23.7 Å². The first-order valence-electron chi connectivity index (χ1n) is 6.05. The first kappa shape index (κ1) is 12.5. The average molecular weight is 284 g/mol. The maximum atomic E-state index is 11.9. The lowest BCUT2D eigenvalue weighted by Gasteiger charge is -2.31. The van der Waals surface area contributed by atoms with Crippen LogP contribution in [0.4, 0.5) is 17.1 Å². The summed E-state index contributed by atoms with van der Waals surface area (Å²) in [6.07, 6.45) is 0. The zero-order valence-electron chi connectivity index (χ0n) is 10.4. The number of anilines is 3. The van der Waals surface area contributed by atoms with E-state index < -0.39 is 0 Å². The highest BCUT2D eigenvalue weighted by atomic mass is 35.5. The second kappa shape index (κ2) is 4.87. The number of halogens is 1. The van der Waals surface area contributed by atoms with E-state index in [9.17, 15) is 4.79 Å². The molecule has 0 spiro atoms. The fraction of sp³-hybridized carbons (Fsp3) is 0.0667. The highest BCUT2D eigenvalue weighted by Gasteiger charge is 2.25. The number of fused-ring (bicyclic) bond motifs is 1. The van der Waals surface area contributed by atoms with E-state index in [0.29, 0.717) is 16.3 Å². The van der Waals surface area contributed by atoms with Gasteiger partial charge in [-0.3, -0.25) is 4.79 Å². The zero-order chi connectivity index (χ0) is 14.1. The molecule has 2 aromatic rings. The molecule has 0 saturated heterocycles. The van der Waals surface area contributed by atoms with Gasteiger partial charge in [0.15, 0.2) is 0 Å². The van der Waals surface area contributed by atoms with Crippen LogP contribution in [0.1, 0.15) is 5.56 Å². The Kier molecular flexibility index (Phi) is 3.05. The van der Waals surface area contributed by atoms with E-state index in [1.54, 1.807) is 24.3 Å². The predicted octanol–water partition coefficient (Wildman–Crippen LogP) is 3.30. The Morgan fingerprint density at radius 1 is 1.25 bits per heavy atom. The van der Waals surface area contributed by atoms with E-state index in [1.807, 2.05) is 23.1 Å². The van der Waals surface area contributed by atoms with Crippen LogP contribution >= 0.6 is 11.6 Å². The lowest BCUT2D eigenvalue weighted by Crippen LogP contribution is -2.35. The Morgan fingerprint density at radius 3 is 2.80 bits per heavy atom. The topological polar surface area (TPSA) is 56.1 Å². The van der Waals surface area contributed by atoms with Crippen LogP contribution in [0.15, 0.2) is 42.5 Å². The molecule has 5 heteroatoms. The molecular weight excluding hydrogens is 274 g/mol. The summed E-state index contributed by atoms with van der Waals surface area (Å²) < 4.78 is 0. The van der Waals surface area contributed by atoms with Crippen molar-refractivity contribution in [3.63, 3.8) is 0 Å². The standard InChI is InChI=1S/C15H10ClN3O/c16-11-4-2-5-12(7-11)19-9-14(20)18-15-10(8-17)3-1-6-13(15)19/h1-7H,9H2,(H,18,20). The molecule has 0 radical (unpaired) electrons. The number of nitriles is 1. The molecule has 1 N–H and O–H groups in total. The number of para-hydroxylation sites is 1. The molecular formula is C15H10ClN3O. The molecule has 1 heterocycles. The van der Waals surface area contributed by atoms with E-state index in [1.165, 1.54) is 0 Å². The molecule has 1 aliphatic rings. The highest BCUT2D eigenvalue weighted by molar-refractivity contribution is 6.30. The molecule has 1 amide bonds. The summed E-state index contributed by atoms with van der Waals surface area (Å²) >= 11 is 6.01. The molecule has 2 aromatic carbocycles. The molecule has 0 saturated carbocycles. The smallest absolute Gasteiger partial charge is 0.244 e. The average Bonchev–Trinajstić information content (AvgIpc) is 2.45. The van der Waals surface area contributed by atoms with E-state index in [-0.39, 0.29) is 12.5 Å². The molecule has 0 unspecified atom stereocenters.